The van der Waals surface area contributed by atoms with E-state index < -0.39 is 28.6 Å². The highest BCUT2D eigenvalue weighted by atomic mass is 127. The molecule has 0 aliphatic carbocycles. The third kappa shape index (κ3) is 6.96. The third-order valence-corrected chi connectivity index (χ3v) is 7.24. The van der Waals surface area contributed by atoms with Gasteiger partial charge in [-0.05, 0) is 71.0 Å². The highest BCUT2D eigenvalue weighted by Crippen LogP contribution is 2.15. The average Bonchev–Trinajstić information content (AvgIpc) is 2.78. The number of carbonyl (C=O) groups is 2. The molecule has 3 rings (SSSR count). The van der Waals surface area contributed by atoms with Gasteiger partial charge in [-0.2, -0.15) is 4.72 Å². The molecule has 0 radical (unpaired) electrons. The Morgan fingerprint density at radius 2 is 1.56 bits per heavy atom. The highest BCUT2D eigenvalue weighted by Gasteiger charge is 2.28. The minimum Gasteiger partial charge on any atom is -0.456 e. The summed E-state index contributed by atoms with van der Waals surface area (Å²) < 4.78 is 35.0. The molecule has 1 atom stereocenters. The van der Waals surface area contributed by atoms with E-state index in [2.05, 4.69) is 43.2 Å². The van der Waals surface area contributed by atoms with Gasteiger partial charge in [0.2, 0.25) is 10.0 Å². The van der Waals surface area contributed by atoms with Crippen LogP contribution in [0, 0.1) is 3.57 Å². The first-order chi connectivity index (χ1) is 15.2. The zero-order chi connectivity index (χ0) is 23.1. The lowest BCUT2D eigenvalue weighted by Gasteiger charge is -2.18. The smallest absolute Gasteiger partial charge is 0.324 e. The number of benzene rings is 3. The first-order valence-corrected chi connectivity index (χ1v) is 12.9. The predicted octanol–water partition coefficient (Wildman–Crippen LogP) is 4.37. The van der Waals surface area contributed by atoms with Crippen molar-refractivity contribution in [1.29, 1.82) is 0 Å². The van der Waals surface area contributed by atoms with Crippen molar-refractivity contribution in [2.45, 2.75) is 17.4 Å². The number of Topliss-reactive ketones (excluding diaryl/α,β-unsaturated/α-hetero) is 1. The fraction of sp³-hybridized carbons (Fsp3) is 0.130. The average molecular weight is 628 g/mol. The lowest BCUT2D eigenvalue weighted by atomic mass is 10.1. The quantitative estimate of drug-likeness (QED) is 0.216. The molecular weight excluding hydrogens is 609 g/mol. The van der Waals surface area contributed by atoms with E-state index in [4.69, 9.17) is 4.74 Å². The minimum absolute atomic E-state index is 0.0368. The standard InChI is InChI=1S/C23H19BrINO5S/c24-18-8-6-17(7-9-18)22(27)15-31-23(28)21(14-16-4-2-1-3-5-16)26-32(29,30)20-12-10-19(25)11-13-20/h1-13,21,26H,14-15H2/t21-/m0/s1. The van der Waals surface area contributed by atoms with Crippen molar-refractivity contribution in [3.8, 4) is 0 Å². The molecule has 0 amide bonds. The number of hydrogen-bond donors (Lipinski definition) is 1. The zero-order valence-corrected chi connectivity index (χ0v) is 21.3. The van der Waals surface area contributed by atoms with Crippen LogP contribution in [0.4, 0.5) is 0 Å². The molecule has 0 aliphatic heterocycles. The normalized spacial score (nSPS) is 12.2. The number of ketones is 1. The predicted molar refractivity (Wildman–Crippen MR) is 133 cm³/mol. The Hall–Kier alpha value is -2.08. The molecule has 0 saturated carbocycles. The van der Waals surface area contributed by atoms with Gasteiger partial charge in [0.15, 0.2) is 12.4 Å². The second kappa shape index (κ2) is 11.2. The Morgan fingerprint density at radius 3 is 2.19 bits per heavy atom. The summed E-state index contributed by atoms with van der Waals surface area (Å²) in [5, 5.41) is 0. The number of carbonyl (C=O) groups excluding carboxylic acids is 2. The van der Waals surface area contributed by atoms with Crippen LogP contribution in [-0.2, 0) is 26.0 Å². The number of nitrogens with one attached hydrogen (secondary N) is 1. The molecule has 3 aromatic carbocycles. The van der Waals surface area contributed by atoms with Crippen molar-refractivity contribution in [3.05, 3.63) is 98.0 Å². The molecule has 0 aliphatic rings. The van der Waals surface area contributed by atoms with Gasteiger partial charge in [0.05, 0.1) is 4.90 Å². The largest absolute Gasteiger partial charge is 0.456 e. The SMILES string of the molecule is O=C(COC(=O)[C@H](Cc1ccccc1)NS(=O)(=O)c1ccc(I)cc1)c1ccc(Br)cc1. The number of sulfonamides is 1. The van der Waals surface area contributed by atoms with E-state index in [0.29, 0.717) is 5.56 Å². The van der Waals surface area contributed by atoms with Crippen LogP contribution in [-0.4, -0.2) is 32.8 Å². The van der Waals surface area contributed by atoms with Crippen LogP contribution in [0.1, 0.15) is 15.9 Å². The summed E-state index contributed by atoms with van der Waals surface area (Å²) in [5.41, 5.74) is 1.14. The maximum Gasteiger partial charge on any atom is 0.324 e. The fourth-order valence-electron chi connectivity index (χ4n) is 2.85. The zero-order valence-electron chi connectivity index (χ0n) is 16.7. The van der Waals surface area contributed by atoms with E-state index in [1.165, 1.54) is 12.1 Å². The molecule has 0 bridgehead atoms. The lowest BCUT2D eigenvalue weighted by molar-refractivity contribution is -0.144. The molecule has 166 valence electrons. The van der Waals surface area contributed by atoms with E-state index in [9.17, 15) is 18.0 Å². The van der Waals surface area contributed by atoms with Gasteiger partial charge >= 0.3 is 5.97 Å². The first kappa shape index (κ1) is 24.6. The molecule has 0 unspecified atom stereocenters. The number of rotatable bonds is 9. The van der Waals surface area contributed by atoms with Crippen LogP contribution in [0.3, 0.4) is 0 Å². The van der Waals surface area contributed by atoms with Crippen LogP contribution < -0.4 is 4.72 Å². The van der Waals surface area contributed by atoms with E-state index in [1.54, 1.807) is 60.7 Å². The van der Waals surface area contributed by atoms with Crippen molar-refractivity contribution < 1.29 is 22.7 Å². The number of hydrogen-bond acceptors (Lipinski definition) is 5. The van der Waals surface area contributed by atoms with Crippen LogP contribution in [0.2, 0.25) is 0 Å². The number of halogens is 2. The van der Waals surface area contributed by atoms with E-state index in [-0.39, 0.29) is 17.1 Å². The van der Waals surface area contributed by atoms with Crippen molar-refractivity contribution in [3.63, 3.8) is 0 Å². The summed E-state index contributed by atoms with van der Waals surface area (Å²) in [4.78, 5) is 25.2. The summed E-state index contributed by atoms with van der Waals surface area (Å²) in [6.45, 7) is -0.489. The number of esters is 1. The maximum atomic E-state index is 12.8. The monoisotopic (exact) mass is 627 g/mol. The Morgan fingerprint density at radius 1 is 0.938 bits per heavy atom. The van der Waals surface area contributed by atoms with E-state index in [1.807, 2.05) is 6.07 Å². The fourth-order valence-corrected chi connectivity index (χ4v) is 4.66. The molecule has 32 heavy (non-hydrogen) atoms. The molecule has 6 nitrogen and oxygen atoms in total. The minimum atomic E-state index is -3.98. The molecule has 0 aromatic heterocycles. The van der Waals surface area contributed by atoms with E-state index in [0.717, 1.165) is 13.6 Å². The second-order valence-electron chi connectivity index (χ2n) is 6.86. The van der Waals surface area contributed by atoms with Crippen molar-refractivity contribution in [2.24, 2.45) is 0 Å². The van der Waals surface area contributed by atoms with Gasteiger partial charge in [0.1, 0.15) is 6.04 Å². The van der Waals surface area contributed by atoms with Gasteiger partial charge in [-0.3, -0.25) is 9.59 Å². The first-order valence-electron chi connectivity index (χ1n) is 9.52. The van der Waals surface area contributed by atoms with Gasteiger partial charge in [0, 0.05) is 13.6 Å². The molecule has 0 heterocycles. The summed E-state index contributed by atoms with van der Waals surface area (Å²) in [7, 11) is -3.98. The maximum absolute atomic E-state index is 12.8. The Labute approximate surface area is 208 Å². The topological polar surface area (TPSA) is 89.5 Å². The summed E-state index contributed by atoms with van der Waals surface area (Å²) in [5.74, 6) is -1.21. The van der Waals surface area contributed by atoms with E-state index >= 15 is 0 Å². The molecule has 3 aromatic rings. The van der Waals surface area contributed by atoms with Crippen LogP contribution in [0.25, 0.3) is 0 Å². The Balaban J connectivity index is 1.75. The van der Waals surface area contributed by atoms with Crippen molar-refractivity contribution in [1.82, 2.24) is 4.72 Å². The van der Waals surface area contributed by atoms with Gasteiger partial charge in [-0.15, -0.1) is 0 Å². The third-order valence-electron chi connectivity index (χ3n) is 4.50. The molecule has 1 N–H and O–H groups in total. The number of ether oxygens (including phenoxy) is 1. The summed E-state index contributed by atoms with van der Waals surface area (Å²) in [6.07, 6.45) is 0.0791. The summed E-state index contributed by atoms with van der Waals surface area (Å²) >= 11 is 5.37. The Bertz CT molecular complexity index is 1180. The van der Waals surface area contributed by atoms with Crippen LogP contribution in [0.5, 0.6) is 0 Å². The molecule has 0 fully saturated rings. The van der Waals surface area contributed by atoms with Gasteiger partial charge in [0.25, 0.3) is 0 Å². The van der Waals surface area contributed by atoms with Crippen LogP contribution in [0.15, 0.2) is 88.2 Å². The second-order valence-corrected chi connectivity index (χ2v) is 10.7. The highest BCUT2D eigenvalue weighted by molar-refractivity contribution is 14.1. The van der Waals surface area contributed by atoms with Crippen molar-refractivity contribution >= 4 is 60.3 Å². The Kier molecular flexibility index (Phi) is 8.57. The van der Waals surface area contributed by atoms with Gasteiger partial charge in [-0.1, -0.05) is 58.4 Å². The molecule has 0 spiro atoms. The van der Waals surface area contributed by atoms with Crippen molar-refractivity contribution in [2.75, 3.05) is 6.61 Å². The lowest BCUT2D eigenvalue weighted by Crippen LogP contribution is -2.43. The molecule has 9 heteroatoms. The molecule has 0 saturated heterocycles. The van der Waals surface area contributed by atoms with Gasteiger partial charge in [-0.25, -0.2) is 8.42 Å². The summed E-state index contributed by atoms with van der Waals surface area (Å²) in [6, 6.07) is 20.7. The van der Waals surface area contributed by atoms with Crippen LogP contribution >= 0.6 is 38.5 Å². The van der Waals surface area contributed by atoms with Gasteiger partial charge < -0.3 is 4.74 Å². The molecular formula is C23H19BrINO5S.